The van der Waals surface area contributed by atoms with Crippen molar-refractivity contribution in [3.63, 3.8) is 0 Å². The highest BCUT2D eigenvalue weighted by Gasteiger charge is 2.42. The average Bonchev–Trinajstić information content (AvgIpc) is 2.14. The molecule has 0 saturated heterocycles. The number of hydrogen-bond donors (Lipinski definition) is 2. The molecular weight excluding hydrogens is 261 g/mol. The predicted molar refractivity (Wildman–Crippen MR) is 47.2 cm³/mol. The van der Waals surface area contributed by atoms with Crippen LogP contribution in [0.1, 0.15) is 0 Å². The molecule has 0 aromatic heterocycles. The molecule has 0 saturated carbocycles. The van der Waals surface area contributed by atoms with Crippen LogP contribution in [-0.4, -0.2) is 51.3 Å². The molecule has 0 aliphatic rings. The summed E-state index contributed by atoms with van der Waals surface area (Å²) in [4.78, 5) is 0. The zero-order chi connectivity index (χ0) is 13.5. The van der Waals surface area contributed by atoms with Crippen LogP contribution in [0, 0.1) is 0 Å². The first-order valence-electron chi connectivity index (χ1n) is 3.84. The molecule has 0 spiro atoms. The Hall–Kier alpha value is -0.480. The van der Waals surface area contributed by atoms with Gasteiger partial charge in [0.05, 0.1) is 0 Å². The van der Waals surface area contributed by atoms with E-state index in [0.717, 1.165) is 0 Å². The summed E-state index contributed by atoms with van der Waals surface area (Å²) >= 11 is 0. The maximum Gasteiger partial charge on any atom is 0.300 e. The molecule has 0 radical (unpaired) electrons. The molecule has 0 aliphatic carbocycles. The third-order valence-electron chi connectivity index (χ3n) is 1.08. The third-order valence-corrected chi connectivity index (χ3v) is 1.91. The summed E-state index contributed by atoms with van der Waals surface area (Å²) in [6.07, 6.45) is -11.0. The van der Waals surface area contributed by atoms with Gasteiger partial charge in [-0.05, 0) is 14.1 Å². The van der Waals surface area contributed by atoms with Crippen molar-refractivity contribution in [3.05, 3.63) is 0 Å². The molecule has 0 amide bonds. The van der Waals surface area contributed by atoms with Gasteiger partial charge in [0.2, 0.25) is 0 Å². The maximum atomic E-state index is 12.2. The zero-order valence-corrected chi connectivity index (χ0v) is 9.19. The van der Waals surface area contributed by atoms with Gasteiger partial charge in [0.15, 0.2) is 12.3 Å². The van der Waals surface area contributed by atoms with Crippen molar-refractivity contribution in [1.82, 2.24) is 5.32 Å². The van der Waals surface area contributed by atoms with E-state index >= 15 is 0 Å². The van der Waals surface area contributed by atoms with E-state index in [1.165, 1.54) is 0 Å². The van der Waals surface area contributed by atoms with Crippen molar-refractivity contribution in [1.29, 1.82) is 0 Å². The summed E-state index contributed by atoms with van der Waals surface area (Å²) in [6.45, 7) is 0. The van der Waals surface area contributed by atoms with Gasteiger partial charge in [-0.1, -0.05) is 0 Å². The number of halogens is 5. The molecule has 10 heteroatoms. The number of hydrogen-bond acceptors (Lipinski definition) is 3. The Balaban J connectivity index is 0. The van der Waals surface area contributed by atoms with E-state index in [1.54, 1.807) is 0 Å². The Morgan fingerprint density at radius 1 is 1.00 bits per heavy atom. The van der Waals surface area contributed by atoms with Crippen LogP contribution >= 0.6 is 0 Å². The summed E-state index contributed by atoms with van der Waals surface area (Å²) < 4.78 is 86.5. The summed E-state index contributed by atoms with van der Waals surface area (Å²) in [5.74, 6) is 0. The molecule has 16 heavy (non-hydrogen) atoms. The fourth-order valence-electron chi connectivity index (χ4n) is 0.448. The zero-order valence-electron chi connectivity index (χ0n) is 8.37. The highest BCUT2D eigenvalue weighted by atomic mass is 32.2. The maximum absolute atomic E-state index is 12.2. The van der Waals surface area contributed by atoms with E-state index in [-0.39, 0.29) is 0 Å². The Morgan fingerprint density at radius 2 is 1.31 bits per heavy atom. The molecular formula is C6H12F5NO3S. The molecule has 0 rings (SSSR count). The highest BCUT2D eigenvalue weighted by molar-refractivity contribution is 7.86. The normalized spacial score (nSPS) is 17.3. The fraction of sp³-hybridized carbons (Fsp3) is 1.00. The van der Waals surface area contributed by atoms with Crippen LogP contribution in [0.15, 0.2) is 0 Å². The van der Waals surface area contributed by atoms with Crippen LogP contribution < -0.4 is 5.32 Å². The molecule has 3 atom stereocenters. The van der Waals surface area contributed by atoms with Gasteiger partial charge < -0.3 is 5.32 Å². The Kier molecular flexibility index (Phi) is 8.66. The van der Waals surface area contributed by atoms with Gasteiger partial charge in [-0.25, -0.2) is 22.0 Å². The molecule has 0 aromatic carbocycles. The van der Waals surface area contributed by atoms with Gasteiger partial charge in [-0.3, -0.25) is 4.55 Å². The summed E-state index contributed by atoms with van der Waals surface area (Å²) in [5, 5.41) is 2.75. The third kappa shape index (κ3) is 6.90. The fourth-order valence-corrected chi connectivity index (χ4v) is 0.926. The van der Waals surface area contributed by atoms with E-state index in [4.69, 9.17) is 4.55 Å². The first kappa shape index (κ1) is 17.9. The first-order chi connectivity index (χ1) is 7.09. The molecule has 4 nitrogen and oxygen atoms in total. The van der Waals surface area contributed by atoms with Crippen molar-refractivity contribution < 1.29 is 34.9 Å². The van der Waals surface area contributed by atoms with Gasteiger partial charge >= 0.3 is 10.1 Å². The van der Waals surface area contributed by atoms with E-state index < -0.39 is 34.4 Å². The van der Waals surface area contributed by atoms with Crippen molar-refractivity contribution in [2.45, 2.75) is 24.3 Å². The monoisotopic (exact) mass is 273 g/mol. The SMILES string of the molecule is CNC.O=S(=O)(O)C(F)C(F)C(F)C(F)F. The molecule has 0 bridgehead atoms. The quantitative estimate of drug-likeness (QED) is 0.591. The van der Waals surface area contributed by atoms with Crippen molar-refractivity contribution in [3.8, 4) is 0 Å². The second kappa shape index (κ2) is 7.74. The van der Waals surface area contributed by atoms with Crippen LogP contribution in [0.25, 0.3) is 0 Å². The minimum absolute atomic E-state index is 1.88. The lowest BCUT2D eigenvalue weighted by atomic mass is 10.3. The van der Waals surface area contributed by atoms with Gasteiger partial charge in [0, 0.05) is 0 Å². The first-order valence-corrected chi connectivity index (χ1v) is 5.35. The van der Waals surface area contributed by atoms with Gasteiger partial charge in [0.25, 0.3) is 11.9 Å². The number of alkyl halides is 5. The van der Waals surface area contributed by atoms with E-state index in [9.17, 15) is 30.4 Å². The Morgan fingerprint density at radius 3 is 1.50 bits per heavy atom. The van der Waals surface area contributed by atoms with Gasteiger partial charge in [0.1, 0.15) is 0 Å². The van der Waals surface area contributed by atoms with Crippen LogP contribution in [-0.2, 0) is 10.1 Å². The minimum atomic E-state index is -5.50. The summed E-state index contributed by atoms with van der Waals surface area (Å²) in [7, 11) is -1.75. The molecule has 0 aromatic rings. The smallest absolute Gasteiger partial charge is 0.300 e. The second-order valence-electron chi connectivity index (χ2n) is 2.59. The van der Waals surface area contributed by atoms with Crippen LogP contribution in [0.4, 0.5) is 22.0 Å². The van der Waals surface area contributed by atoms with E-state index in [1.807, 2.05) is 14.1 Å². The van der Waals surface area contributed by atoms with Crippen LogP contribution in [0.3, 0.4) is 0 Å². The van der Waals surface area contributed by atoms with Crippen molar-refractivity contribution in [2.75, 3.05) is 14.1 Å². The Labute approximate surface area is 89.6 Å². The van der Waals surface area contributed by atoms with Gasteiger partial charge in [-0.15, -0.1) is 0 Å². The van der Waals surface area contributed by atoms with Crippen molar-refractivity contribution in [2.24, 2.45) is 0 Å². The lowest BCUT2D eigenvalue weighted by Crippen LogP contribution is -2.37. The van der Waals surface area contributed by atoms with E-state index in [0.29, 0.717) is 0 Å². The largest absolute Gasteiger partial charge is 0.323 e. The van der Waals surface area contributed by atoms with E-state index in [2.05, 4.69) is 5.32 Å². The van der Waals surface area contributed by atoms with Crippen LogP contribution in [0.2, 0.25) is 0 Å². The molecule has 0 aliphatic heterocycles. The molecule has 100 valence electrons. The second-order valence-corrected chi connectivity index (χ2v) is 4.07. The minimum Gasteiger partial charge on any atom is -0.323 e. The highest BCUT2D eigenvalue weighted by Crippen LogP contribution is 2.20. The molecule has 0 fully saturated rings. The average molecular weight is 273 g/mol. The molecule has 2 N–H and O–H groups in total. The molecule has 3 unspecified atom stereocenters. The summed E-state index contributed by atoms with van der Waals surface area (Å²) in [5.41, 5.74) is -3.70. The number of rotatable bonds is 4. The standard InChI is InChI=1S/C4H5F5O3S.C2H7N/c5-1(3(7)8)2(6)4(9)13(10,11)12;1-3-2/h1-4H,(H,10,11,12);3H,1-2H3. The van der Waals surface area contributed by atoms with Crippen LogP contribution in [0.5, 0.6) is 0 Å². The summed E-state index contributed by atoms with van der Waals surface area (Å²) in [6, 6.07) is 0. The van der Waals surface area contributed by atoms with Gasteiger partial charge in [-0.2, -0.15) is 8.42 Å². The topological polar surface area (TPSA) is 66.4 Å². The van der Waals surface area contributed by atoms with Crippen molar-refractivity contribution >= 4 is 10.1 Å². The molecule has 0 heterocycles. The Bertz CT molecular complexity index is 273. The lowest BCUT2D eigenvalue weighted by Gasteiger charge is -2.14. The lowest BCUT2D eigenvalue weighted by molar-refractivity contribution is -0.0108. The predicted octanol–water partition coefficient (Wildman–Crippen LogP) is 0.947. The number of nitrogens with one attached hydrogen (secondary N) is 1.